The Kier molecular flexibility index (Phi) is 3.00. The third kappa shape index (κ3) is 2.11. The van der Waals surface area contributed by atoms with Crippen molar-refractivity contribution in [2.45, 2.75) is 19.3 Å². The zero-order valence-corrected chi connectivity index (χ0v) is 11.1. The molecule has 0 bridgehead atoms. The second-order valence-electron chi connectivity index (χ2n) is 5.23. The van der Waals surface area contributed by atoms with Crippen LogP contribution in [-0.2, 0) is 4.79 Å². The summed E-state index contributed by atoms with van der Waals surface area (Å²) in [7, 11) is 1.59. The monoisotopic (exact) mass is 262 g/mol. The molecule has 3 rings (SSSR count). The van der Waals surface area contributed by atoms with Gasteiger partial charge in [0.25, 0.3) is 0 Å². The molecular weight excluding hydrogens is 244 g/mol. The number of carbonyl (C=O) groups is 1. The van der Waals surface area contributed by atoms with E-state index in [9.17, 15) is 4.79 Å². The molecule has 0 radical (unpaired) electrons. The van der Waals surface area contributed by atoms with Crippen LogP contribution in [0.1, 0.15) is 19.3 Å². The zero-order chi connectivity index (χ0) is 13.3. The van der Waals surface area contributed by atoms with Crippen LogP contribution in [0.5, 0.6) is 5.75 Å². The molecule has 1 N–H and O–H groups in total. The minimum absolute atomic E-state index is 0.190. The molecule has 2 aliphatic rings. The van der Waals surface area contributed by atoms with E-state index in [-0.39, 0.29) is 11.3 Å². The lowest BCUT2D eigenvalue weighted by molar-refractivity contribution is -0.132. The van der Waals surface area contributed by atoms with E-state index in [1.165, 1.54) is 0 Å². The van der Waals surface area contributed by atoms with Crippen molar-refractivity contribution in [1.82, 2.24) is 15.3 Å². The highest BCUT2D eigenvalue weighted by molar-refractivity contribution is 5.84. The van der Waals surface area contributed by atoms with E-state index in [0.29, 0.717) is 18.2 Å². The molecule has 19 heavy (non-hydrogen) atoms. The van der Waals surface area contributed by atoms with E-state index in [1.54, 1.807) is 19.5 Å². The molecule has 1 aromatic rings. The maximum absolute atomic E-state index is 12.1. The number of amides is 1. The lowest BCUT2D eigenvalue weighted by atomic mass is 9.79. The summed E-state index contributed by atoms with van der Waals surface area (Å²) in [6, 6.07) is 0. The van der Waals surface area contributed by atoms with Crippen molar-refractivity contribution in [3.8, 4) is 5.75 Å². The van der Waals surface area contributed by atoms with E-state index >= 15 is 0 Å². The van der Waals surface area contributed by atoms with Crippen LogP contribution in [0.25, 0.3) is 0 Å². The van der Waals surface area contributed by atoms with Gasteiger partial charge in [0.15, 0.2) is 5.75 Å². The number of methoxy groups -OCH3 is 1. The number of piperidine rings is 1. The minimum Gasteiger partial charge on any atom is -0.494 e. The standard InChI is InChI=1S/C13H18N4O2/c1-19-10-7-15-12(16-8-10)17-6-4-13(9-17)3-2-5-14-11(13)18/h7-8H,2-6,9H2,1H3,(H,14,18)/t13-/m0/s1. The highest BCUT2D eigenvalue weighted by atomic mass is 16.5. The van der Waals surface area contributed by atoms with Crippen LogP contribution in [0.15, 0.2) is 12.4 Å². The van der Waals surface area contributed by atoms with Gasteiger partial charge in [0.05, 0.1) is 24.9 Å². The second kappa shape index (κ2) is 4.68. The van der Waals surface area contributed by atoms with Crippen molar-refractivity contribution in [2.24, 2.45) is 5.41 Å². The molecule has 1 amide bonds. The van der Waals surface area contributed by atoms with Crippen molar-refractivity contribution in [1.29, 1.82) is 0 Å². The van der Waals surface area contributed by atoms with Gasteiger partial charge in [-0.25, -0.2) is 9.97 Å². The number of aromatic nitrogens is 2. The summed E-state index contributed by atoms with van der Waals surface area (Å²) < 4.78 is 5.05. The predicted molar refractivity (Wildman–Crippen MR) is 70.1 cm³/mol. The van der Waals surface area contributed by atoms with Crippen LogP contribution >= 0.6 is 0 Å². The maximum Gasteiger partial charge on any atom is 0.228 e. The molecule has 0 unspecified atom stereocenters. The van der Waals surface area contributed by atoms with Crippen LogP contribution in [0.4, 0.5) is 5.95 Å². The van der Waals surface area contributed by atoms with E-state index in [2.05, 4.69) is 20.2 Å². The quantitative estimate of drug-likeness (QED) is 0.845. The molecule has 1 aromatic heterocycles. The van der Waals surface area contributed by atoms with Gasteiger partial charge in [-0.3, -0.25) is 4.79 Å². The third-order valence-corrected chi connectivity index (χ3v) is 4.09. The molecule has 0 saturated carbocycles. The highest BCUT2D eigenvalue weighted by Crippen LogP contribution is 2.38. The average molecular weight is 262 g/mol. The van der Waals surface area contributed by atoms with Gasteiger partial charge in [-0.05, 0) is 19.3 Å². The van der Waals surface area contributed by atoms with Crippen molar-refractivity contribution >= 4 is 11.9 Å². The number of ether oxygens (including phenoxy) is 1. The van der Waals surface area contributed by atoms with Crippen molar-refractivity contribution in [3.63, 3.8) is 0 Å². The summed E-state index contributed by atoms with van der Waals surface area (Å²) in [6.45, 7) is 2.35. The lowest BCUT2D eigenvalue weighted by Gasteiger charge is -2.32. The minimum atomic E-state index is -0.235. The van der Waals surface area contributed by atoms with Gasteiger partial charge < -0.3 is 15.0 Å². The van der Waals surface area contributed by atoms with Gasteiger partial charge in [0.1, 0.15) is 0 Å². The zero-order valence-electron chi connectivity index (χ0n) is 11.1. The van der Waals surface area contributed by atoms with Gasteiger partial charge >= 0.3 is 0 Å². The molecule has 6 heteroatoms. The molecular formula is C13H18N4O2. The summed E-state index contributed by atoms with van der Waals surface area (Å²) in [5.41, 5.74) is -0.235. The largest absolute Gasteiger partial charge is 0.494 e. The molecule has 1 atom stereocenters. The summed E-state index contributed by atoms with van der Waals surface area (Å²) in [6.07, 6.45) is 6.23. The molecule has 2 fully saturated rings. The molecule has 2 aliphatic heterocycles. The normalized spacial score (nSPS) is 26.6. The smallest absolute Gasteiger partial charge is 0.228 e. The molecule has 0 aliphatic carbocycles. The van der Waals surface area contributed by atoms with Gasteiger partial charge in [0, 0.05) is 19.6 Å². The van der Waals surface area contributed by atoms with Gasteiger partial charge in [-0.1, -0.05) is 0 Å². The number of hydrogen-bond donors (Lipinski definition) is 1. The summed E-state index contributed by atoms with van der Waals surface area (Å²) in [4.78, 5) is 22.8. The topological polar surface area (TPSA) is 67.3 Å². The van der Waals surface area contributed by atoms with E-state index in [0.717, 1.165) is 32.4 Å². The molecule has 6 nitrogen and oxygen atoms in total. The Balaban J connectivity index is 1.75. The Morgan fingerprint density at radius 1 is 1.37 bits per heavy atom. The molecule has 1 spiro atoms. The number of anilines is 1. The number of nitrogens with one attached hydrogen (secondary N) is 1. The number of hydrogen-bond acceptors (Lipinski definition) is 5. The first-order chi connectivity index (χ1) is 9.23. The fourth-order valence-corrected chi connectivity index (χ4v) is 2.94. The van der Waals surface area contributed by atoms with Crippen LogP contribution in [0.2, 0.25) is 0 Å². The summed E-state index contributed by atoms with van der Waals surface area (Å²) in [5, 5.41) is 2.98. The molecule has 2 saturated heterocycles. The Bertz CT molecular complexity index is 476. The fourth-order valence-electron chi connectivity index (χ4n) is 2.94. The average Bonchev–Trinajstić information content (AvgIpc) is 2.88. The summed E-state index contributed by atoms with van der Waals surface area (Å²) in [5.74, 6) is 1.51. The first kappa shape index (κ1) is 12.2. The number of nitrogens with zero attached hydrogens (tertiary/aromatic N) is 3. The van der Waals surface area contributed by atoms with Crippen molar-refractivity contribution < 1.29 is 9.53 Å². The predicted octanol–water partition coefficient (Wildman–Crippen LogP) is 0.592. The summed E-state index contributed by atoms with van der Waals surface area (Å²) >= 11 is 0. The van der Waals surface area contributed by atoms with Crippen molar-refractivity contribution in [3.05, 3.63) is 12.4 Å². The van der Waals surface area contributed by atoms with Crippen LogP contribution in [-0.4, -0.2) is 42.6 Å². The Morgan fingerprint density at radius 2 is 2.16 bits per heavy atom. The first-order valence-corrected chi connectivity index (χ1v) is 6.63. The van der Waals surface area contributed by atoms with Gasteiger partial charge in [0.2, 0.25) is 11.9 Å². The Labute approximate surface area is 112 Å². The van der Waals surface area contributed by atoms with E-state index in [4.69, 9.17) is 4.74 Å². The second-order valence-corrected chi connectivity index (χ2v) is 5.23. The number of rotatable bonds is 2. The maximum atomic E-state index is 12.1. The van der Waals surface area contributed by atoms with Crippen LogP contribution in [0, 0.1) is 5.41 Å². The van der Waals surface area contributed by atoms with E-state index < -0.39 is 0 Å². The van der Waals surface area contributed by atoms with E-state index in [1.807, 2.05) is 0 Å². The molecule has 3 heterocycles. The SMILES string of the molecule is COc1cnc(N2CC[C@@]3(CCCNC3=O)C2)nc1. The fraction of sp³-hybridized carbons (Fsp3) is 0.615. The molecule has 0 aromatic carbocycles. The van der Waals surface area contributed by atoms with Crippen molar-refractivity contribution in [2.75, 3.05) is 31.6 Å². The van der Waals surface area contributed by atoms with Gasteiger partial charge in [-0.15, -0.1) is 0 Å². The lowest BCUT2D eigenvalue weighted by Crippen LogP contribution is -2.47. The van der Waals surface area contributed by atoms with Gasteiger partial charge in [-0.2, -0.15) is 0 Å². The number of carbonyl (C=O) groups excluding carboxylic acids is 1. The Morgan fingerprint density at radius 3 is 2.84 bits per heavy atom. The van der Waals surface area contributed by atoms with Crippen LogP contribution in [0.3, 0.4) is 0 Å². The first-order valence-electron chi connectivity index (χ1n) is 6.63. The third-order valence-electron chi connectivity index (χ3n) is 4.09. The Hall–Kier alpha value is -1.85. The molecule has 102 valence electrons. The van der Waals surface area contributed by atoms with Crippen LogP contribution < -0.4 is 15.0 Å². The highest BCUT2D eigenvalue weighted by Gasteiger charge is 2.46.